The van der Waals surface area contributed by atoms with Crippen molar-refractivity contribution < 1.29 is 9.53 Å². The number of benzene rings is 3. The van der Waals surface area contributed by atoms with Crippen LogP contribution in [0.25, 0.3) is 6.08 Å². The first-order chi connectivity index (χ1) is 14.9. The lowest BCUT2D eigenvalue weighted by Gasteiger charge is -2.12. The Morgan fingerprint density at radius 2 is 1.81 bits per heavy atom. The Hall–Kier alpha value is -1.86. The molecule has 156 valence electrons. The zero-order chi connectivity index (χ0) is 22.4. The molecule has 0 bridgehead atoms. The number of nitrogens with zero attached hydrogens (tertiary/aromatic N) is 1. The second-order valence-electron chi connectivity index (χ2n) is 6.36. The van der Waals surface area contributed by atoms with Crippen molar-refractivity contribution in [2.45, 2.75) is 6.61 Å². The number of carbonyl (C=O) groups excluding carboxylic acids is 1. The lowest BCUT2D eigenvalue weighted by Crippen LogP contribution is -2.13. The number of halogens is 4. The summed E-state index contributed by atoms with van der Waals surface area (Å²) < 4.78 is 8.50. The summed E-state index contributed by atoms with van der Waals surface area (Å²) in [4.78, 5) is 12.5. The molecule has 0 spiro atoms. The Kier molecular flexibility index (Phi) is 8.55. The Morgan fingerprint density at radius 3 is 2.42 bits per heavy atom. The molecule has 1 N–H and O–H groups in total. The molecular formula is C23H14Br2ClIN2O2. The lowest BCUT2D eigenvalue weighted by atomic mass is 10.1. The fraction of sp³-hybridized carbons (Fsp3) is 0.0435. The van der Waals surface area contributed by atoms with Gasteiger partial charge in [-0.3, -0.25) is 4.79 Å². The number of carbonyl (C=O) groups is 1. The van der Waals surface area contributed by atoms with Crippen molar-refractivity contribution in [2.24, 2.45) is 0 Å². The van der Waals surface area contributed by atoms with E-state index in [1.54, 1.807) is 36.4 Å². The van der Waals surface area contributed by atoms with Crippen LogP contribution >= 0.6 is 66.1 Å². The van der Waals surface area contributed by atoms with Crippen LogP contribution in [0.1, 0.15) is 11.1 Å². The summed E-state index contributed by atoms with van der Waals surface area (Å²) >= 11 is 15.2. The van der Waals surface area contributed by atoms with E-state index >= 15 is 0 Å². The topological polar surface area (TPSA) is 62.1 Å². The quantitative estimate of drug-likeness (QED) is 0.167. The molecular weight excluding hydrogens is 658 g/mol. The predicted molar refractivity (Wildman–Crippen MR) is 139 cm³/mol. The summed E-state index contributed by atoms with van der Waals surface area (Å²) in [5.41, 5.74) is 2.19. The van der Waals surface area contributed by atoms with Gasteiger partial charge in [-0.1, -0.05) is 29.8 Å². The standard InChI is InChI=1S/C23H14Br2ClIN2O2/c24-20-9-15(8-16(12-28)23(30)29-19-3-1-2-17(26)11-19)10-21(25)22(20)31-13-14-4-6-18(27)7-5-14/h1-11H,13H2,(H,29,30)/b16-8+. The monoisotopic (exact) mass is 670 g/mol. The molecule has 0 fully saturated rings. The molecule has 0 heterocycles. The molecule has 3 rings (SSSR count). The zero-order valence-corrected chi connectivity index (χ0v) is 21.9. The highest BCUT2D eigenvalue weighted by atomic mass is 127. The van der Waals surface area contributed by atoms with E-state index in [9.17, 15) is 10.1 Å². The van der Waals surface area contributed by atoms with Gasteiger partial charge >= 0.3 is 0 Å². The first kappa shape index (κ1) is 23.8. The minimum Gasteiger partial charge on any atom is -0.487 e. The molecule has 4 nitrogen and oxygen atoms in total. The maximum atomic E-state index is 12.5. The number of anilines is 1. The lowest BCUT2D eigenvalue weighted by molar-refractivity contribution is -0.112. The van der Waals surface area contributed by atoms with E-state index in [0.29, 0.717) is 37.6 Å². The summed E-state index contributed by atoms with van der Waals surface area (Å²) in [5, 5.41) is 12.6. The predicted octanol–water partition coefficient (Wildman–Crippen LogP) is 7.59. The summed E-state index contributed by atoms with van der Waals surface area (Å²) in [6, 6.07) is 20.3. The number of hydrogen-bond donors (Lipinski definition) is 1. The first-order valence-electron chi connectivity index (χ1n) is 8.90. The highest BCUT2D eigenvalue weighted by molar-refractivity contribution is 14.1. The van der Waals surface area contributed by atoms with Crippen molar-refractivity contribution in [1.82, 2.24) is 0 Å². The molecule has 3 aromatic carbocycles. The average Bonchev–Trinajstić information content (AvgIpc) is 2.72. The van der Waals surface area contributed by atoms with E-state index in [1.807, 2.05) is 30.3 Å². The maximum absolute atomic E-state index is 12.5. The van der Waals surface area contributed by atoms with Crippen LogP contribution in [0.15, 0.2) is 75.2 Å². The number of ether oxygens (including phenoxy) is 1. The second-order valence-corrected chi connectivity index (χ2v) is 9.75. The molecule has 0 saturated heterocycles. The summed E-state index contributed by atoms with van der Waals surface area (Å²) in [6.07, 6.45) is 1.51. The summed E-state index contributed by atoms with van der Waals surface area (Å²) in [7, 11) is 0. The Morgan fingerprint density at radius 1 is 1.13 bits per heavy atom. The van der Waals surface area contributed by atoms with Gasteiger partial charge in [-0.05, 0) is 114 Å². The Labute approximate surface area is 215 Å². The van der Waals surface area contributed by atoms with Crippen LogP contribution in [0.3, 0.4) is 0 Å². The van der Waals surface area contributed by atoms with Crippen LogP contribution in [-0.2, 0) is 11.4 Å². The number of nitriles is 1. The largest absolute Gasteiger partial charge is 0.487 e. The molecule has 0 unspecified atom stereocenters. The van der Waals surface area contributed by atoms with Gasteiger partial charge in [-0.2, -0.15) is 5.26 Å². The molecule has 0 atom stereocenters. The minimum absolute atomic E-state index is 0.0358. The van der Waals surface area contributed by atoms with Crippen LogP contribution in [0.4, 0.5) is 5.69 Å². The molecule has 3 aromatic rings. The van der Waals surface area contributed by atoms with E-state index in [4.69, 9.17) is 16.3 Å². The van der Waals surface area contributed by atoms with E-state index in [-0.39, 0.29) is 5.57 Å². The fourth-order valence-electron chi connectivity index (χ4n) is 2.62. The molecule has 0 aliphatic carbocycles. The SMILES string of the molecule is N#C/C(=C\c1cc(Br)c(OCc2ccc(I)cc2)c(Br)c1)C(=O)Nc1cccc(Cl)c1. The minimum atomic E-state index is -0.518. The first-order valence-corrected chi connectivity index (χ1v) is 11.9. The van der Waals surface area contributed by atoms with Crippen molar-refractivity contribution in [3.05, 3.63) is 94.9 Å². The van der Waals surface area contributed by atoms with Gasteiger partial charge in [0, 0.05) is 14.3 Å². The number of hydrogen-bond acceptors (Lipinski definition) is 3. The number of nitrogens with one attached hydrogen (secondary N) is 1. The van der Waals surface area contributed by atoms with Crippen molar-refractivity contribution in [1.29, 1.82) is 5.26 Å². The van der Waals surface area contributed by atoms with Crippen LogP contribution in [0.5, 0.6) is 5.75 Å². The smallest absolute Gasteiger partial charge is 0.266 e. The zero-order valence-electron chi connectivity index (χ0n) is 15.8. The van der Waals surface area contributed by atoms with Crippen LogP contribution < -0.4 is 10.1 Å². The third-order valence-electron chi connectivity index (χ3n) is 4.08. The molecule has 1 amide bonds. The maximum Gasteiger partial charge on any atom is 0.266 e. The van der Waals surface area contributed by atoms with E-state index in [0.717, 1.165) is 9.13 Å². The van der Waals surface area contributed by atoms with Crippen LogP contribution in [0, 0.1) is 14.9 Å². The van der Waals surface area contributed by atoms with E-state index in [1.165, 1.54) is 6.08 Å². The molecule has 0 aromatic heterocycles. The second kappa shape index (κ2) is 11.1. The molecule has 8 heteroatoms. The van der Waals surface area contributed by atoms with Gasteiger partial charge in [0.05, 0.1) is 8.95 Å². The molecule has 0 aliphatic rings. The van der Waals surface area contributed by atoms with Crippen LogP contribution in [0.2, 0.25) is 5.02 Å². The molecule has 0 saturated carbocycles. The van der Waals surface area contributed by atoms with Crippen molar-refractivity contribution in [2.75, 3.05) is 5.32 Å². The number of rotatable bonds is 6. The third-order valence-corrected chi connectivity index (χ3v) is 6.21. The van der Waals surface area contributed by atoms with Crippen LogP contribution in [-0.4, -0.2) is 5.91 Å². The van der Waals surface area contributed by atoms with Crippen molar-refractivity contribution >= 4 is 83.7 Å². The number of amides is 1. The fourth-order valence-corrected chi connectivity index (χ4v) is 4.62. The molecule has 0 aliphatic heterocycles. The highest BCUT2D eigenvalue weighted by Crippen LogP contribution is 2.36. The van der Waals surface area contributed by atoms with Gasteiger partial charge in [0.2, 0.25) is 0 Å². The van der Waals surface area contributed by atoms with Crippen molar-refractivity contribution in [3.8, 4) is 11.8 Å². The summed E-state index contributed by atoms with van der Waals surface area (Å²) in [6.45, 7) is 0.412. The van der Waals surface area contributed by atoms with Gasteiger partial charge in [-0.25, -0.2) is 0 Å². The van der Waals surface area contributed by atoms with Gasteiger partial charge in [0.15, 0.2) is 0 Å². The molecule has 0 radical (unpaired) electrons. The van der Waals surface area contributed by atoms with Gasteiger partial charge in [0.1, 0.15) is 24.0 Å². The summed E-state index contributed by atoms with van der Waals surface area (Å²) in [5.74, 6) is 0.119. The molecule has 31 heavy (non-hydrogen) atoms. The average molecular weight is 673 g/mol. The van der Waals surface area contributed by atoms with E-state index < -0.39 is 5.91 Å². The highest BCUT2D eigenvalue weighted by Gasteiger charge is 2.13. The van der Waals surface area contributed by atoms with Gasteiger partial charge < -0.3 is 10.1 Å². The Bertz CT molecular complexity index is 1170. The Balaban J connectivity index is 1.76. The van der Waals surface area contributed by atoms with E-state index in [2.05, 4.69) is 59.8 Å². The third kappa shape index (κ3) is 6.81. The van der Waals surface area contributed by atoms with Crippen molar-refractivity contribution in [3.63, 3.8) is 0 Å². The van der Waals surface area contributed by atoms with Gasteiger partial charge in [-0.15, -0.1) is 0 Å². The normalized spacial score (nSPS) is 11.0. The van der Waals surface area contributed by atoms with Gasteiger partial charge in [0.25, 0.3) is 5.91 Å².